The Balaban J connectivity index is 2.34. The fourth-order valence-electron chi connectivity index (χ4n) is 2.25. The second-order valence-electron chi connectivity index (χ2n) is 5.72. The molecular formula is C17H15I4NO4. The van der Waals surface area contributed by atoms with Gasteiger partial charge < -0.3 is 20.7 Å². The SMILES string of the molecule is CCC(N)(Cc1cc(I)c(Oc2cc(I)c(O)c(I)c2)c(I)c1)C(=O)O. The van der Waals surface area contributed by atoms with E-state index in [1.165, 1.54) is 0 Å². The quantitative estimate of drug-likeness (QED) is 0.344. The van der Waals surface area contributed by atoms with Crippen molar-refractivity contribution in [1.29, 1.82) is 0 Å². The number of carboxylic acids is 1. The van der Waals surface area contributed by atoms with Gasteiger partial charge in [-0.15, -0.1) is 0 Å². The highest BCUT2D eigenvalue weighted by atomic mass is 127. The molecule has 4 N–H and O–H groups in total. The smallest absolute Gasteiger partial charge is 0.324 e. The van der Waals surface area contributed by atoms with Gasteiger partial charge in [0.15, 0.2) is 5.75 Å². The number of aromatic hydroxyl groups is 1. The van der Waals surface area contributed by atoms with E-state index in [-0.39, 0.29) is 12.2 Å². The number of carboxylic acid groups (broad SMARTS) is 1. The Hall–Kier alpha value is 0.390. The minimum Gasteiger partial charge on any atom is -0.506 e. The van der Waals surface area contributed by atoms with E-state index >= 15 is 0 Å². The van der Waals surface area contributed by atoms with Gasteiger partial charge in [-0.1, -0.05) is 6.92 Å². The molecule has 1 atom stereocenters. The molecule has 0 saturated carbocycles. The molecule has 0 amide bonds. The molecule has 5 nitrogen and oxygen atoms in total. The maximum atomic E-state index is 11.5. The summed E-state index contributed by atoms with van der Waals surface area (Å²) < 4.78 is 9.19. The van der Waals surface area contributed by atoms with Gasteiger partial charge >= 0.3 is 5.97 Å². The molecule has 0 fully saturated rings. The summed E-state index contributed by atoms with van der Waals surface area (Å²) in [6.07, 6.45) is 0.595. The number of phenols is 1. The predicted octanol–water partition coefficient (Wildman–Crippen LogP) is 5.34. The van der Waals surface area contributed by atoms with E-state index in [2.05, 4.69) is 90.4 Å². The second kappa shape index (κ2) is 9.26. The summed E-state index contributed by atoms with van der Waals surface area (Å²) in [4.78, 5) is 11.5. The molecule has 140 valence electrons. The van der Waals surface area contributed by atoms with Crippen LogP contribution in [0.1, 0.15) is 18.9 Å². The molecule has 0 radical (unpaired) electrons. The average molecular weight is 805 g/mol. The Morgan fingerprint density at radius 1 is 1.08 bits per heavy atom. The zero-order valence-electron chi connectivity index (χ0n) is 13.5. The van der Waals surface area contributed by atoms with E-state index in [9.17, 15) is 15.0 Å². The van der Waals surface area contributed by atoms with Crippen LogP contribution in [0.25, 0.3) is 0 Å². The van der Waals surface area contributed by atoms with Gasteiger partial charge in [0, 0.05) is 6.42 Å². The number of hydrogen-bond donors (Lipinski definition) is 3. The van der Waals surface area contributed by atoms with E-state index in [1.807, 2.05) is 12.1 Å². The maximum absolute atomic E-state index is 11.5. The fourth-order valence-corrected chi connectivity index (χ4v) is 6.08. The van der Waals surface area contributed by atoms with E-state index in [0.717, 1.165) is 12.7 Å². The molecule has 0 aliphatic rings. The molecule has 2 aromatic carbocycles. The first-order valence-electron chi connectivity index (χ1n) is 7.43. The molecule has 26 heavy (non-hydrogen) atoms. The van der Waals surface area contributed by atoms with Crippen LogP contribution in [0.15, 0.2) is 24.3 Å². The van der Waals surface area contributed by atoms with Crippen LogP contribution in [0.2, 0.25) is 0 Å². The van der Waals surface area contributed by atoms with Crippen molar-refractivity contribution in [2.75, 3.05) is 0 Å². The number of benzene rings is 2. The lowest BCUT2D eigenvalue weighted by Gasteiger charge is -2.23. The number of rotatable bonds is 6. The summed E-state index contributed by atoms with van der Waals surface area (Å²) in [6.45, 7) is 1.77. The minimum atomic E-state index is -1.28. The second-order valence-corrected chi connectivity index (χ2v) is 10.4. The number of aliphatic carboxylic acids is 1. The van der Waals surface area contributed by atoms with Crippen molar-refractivity contribution in [1.82, 2.24) is 0 Å². The number of nitrogens with two attached hydrogens (primary N) is 1. The molecule has 0 aliphatic carbocycles. The molecule has 1 unspecified atom stereocenters. The third-order valence-electron chi connectivity index (χ3n) is 3.84. The summed E-state index contributed by atoms with van der Waals surface area (Å²) in [6, 6.07) is 7.33. The molecule has 9 heteroatoms. The standard InChI is InChI=1S/C17H15I4NO4/c1-2-17(22,16(24)25)7-8-3-12(20)15(13(21)4-8)26-9-5-10(18)14(23)11(19)6-9/h3-6,23H,2,7,22H2,1H3,(H,24,25). The third kappa shape index (κ3) is 5.26. The number of phenolic OH excluding ortho intramolecular Hbond substituents is 1. The van der Waals surface area contributed by atoms with Crippen LogP contribution in [-0.4, -0.2) is 21.7 Å². The van der Waals surface area contributed by atoms with Crippen LogP contribution in [-0.2, 0) is 11.2 Å². The van der Waals surface area contributed by atoms with Gasteiger partial charge in [0.1, 0.15) is 17.0 Å². The largest absolute Gasteiger partial charge is 0.506 e. The average Bonchev–Trinajstić information content (AvgIpc) is 2.55. The Morgan fingerprint density at radius 3 is 2.00 bits per heavy atom. The molecule has 2 aromatic rings. The minimum absolute atomic E-state index is 0.241. The van der Waals surface area contributed by atoms with E-state index in [0.29, 0.717) is 25.1 Å². The monoisotopic (exact) mass is 805 g/mol. The van der Waals surface area contributed by atoms with Gasteiger partial charge in [0.05, 0.1) is 14.3 Å². The van der Waals surface area contributed by atoms with E-state index in [1.54, 1.807) is 19.1 Å². The van der Waals surface area contributed by atoms with Crippen LogP contribution in [0.4, 0.5) is 0 Å². The number of halogens is 4. The molecule has 0 saturated heterocycles. The molecule has 0 bridgehead atoms. The van der Waals surface area contributed by atoms with Crippen molar-refractivity contribution in [3.63, 3.8) is 0 Å². The lowest BCUT2D eigenvalue weighted by molar-refractivity contribution is -0.143. The molecule has 0 spiro atoms. The van der Waals surface area contributed by atoms with Gasteiger partial charge in [-0.3, -0.25) is 4.79 Å². The topological polar surface area (TPSA) is 92.8 Å². The fraction of sp³-hybridized carbons (Fsp3) is 0.235. The lowest BCUT2D eigenvalue weighted by atomic mass is 9.89. The first kappa shape index (κ1) is 22.7. The lowest BCUT2D eigenvalue weighted by Crippen LogP contribution is -2.49. The van der Waals surface area contributed by atoms with Crippen molar-refractivity contribution < 1.29 is 19.7 Å². The van der Waals surface area contributed by atoms with Crippen molar-refractivity contribution in [2.45, 2.75) is 25.3 Å². The summed E-state index contributed by atoms with van der Waals surface area (Å²) in [5.41, 5.74) is 5.59. The molecule has 0 aliphatic heterocycles. The highest BCUT2D eigenvalue weighted by molar-refractivity contribution is 14.1. The Kier molecular flexibility index (Phi) is 8.08. The van der Waals surface area contributed by atoms with Gasteiger partial charge in [-0.2, -0.15) is 0 Å². The summed E-state index contributed by atoms with van der Waals surface area (Å²) in [5, 5.41) is 19.3. The van der Waals surface area contributed by atoms with Gasteiger partial charge in [0.25, 0.3) is 0 Å². The summed E-state index contributed by atoms with van der Waals surface area (Å²) >= 11 is 8.46. The molecular weight excluding hydrogens is 790 g/mol. The summed E-state index contributed by atoms with van der Waals surface area (Å²) in [5.74, 6) is 0.568. The number of hydrogen-bond acceptors (Lipinski definition) is 4. The van der Waals surface area contributed by atoms with Crippen molar-refractivity contribution >= 4 is 96.3 Å². The first-order chi connectivity index (χ1) is 12.1. The highest BCUT2D eigenvalue weighted by Crippen LogP contribution is 2.37. The van der Waals surface area contributed by atoms with E-state index < -0.39 is 11.5 Å². The normalized spacial score (nSPS) is 13.3. The molecule has 0 aromatic heterocycles. The zero-order valence-corrected chi connectivity index (χ0v) is 22.2. The molecule has 0 heterocycles. The van der Waals surface area contributed by atoms with Crippen LogP contribution in [0, 0.1) is 14.3 Å². The highest BCUT2D eigenvalue weighted by Gasteiger charge is 2.32. The third-order valence-corrected chi connectivity index (χ3v) is 7.09. The number of carbonyl (C=O) groups is 1. The van der Waals surface area contributed by atoms with Gasteiger partial charge in [0.2, 0.25) is 0 Å². The van der Waals surface area contributed by atoms with Crippen LogP contribution < -0.4 is 10.5 Å². The van der Waals surface area contributed by atoms with Crippen molar-refractivity contribution in [3.8, 4) is 17.2 Å². The van der Waals surface area contributed by atoms with Crippen molar-refractivity contribution in [2.24, 2.45) is 5.73 Å². The summed E-state index contributed by atoms with van der Waals surface area (Å²) in [7, 11) is 0. The Labute approximate surface area is 206 Å². The van der Waals surface area contributed by atoms with E-state index in [4.69, 9.17) is 10.5 Å². The van der Waals surface area contributed by atoms with Crippen LogP contribution >= 0.6 is 90.4 Å². The van der Waals surface area contributed by atoms with Crippen LogP contribution in [0.5, 0.6) is 17.2 Å². The van der Waals surface area contributed by atoms with Gasteiger partial charge in [-0.05, 0) is 127 Å². The molecule has 2 rings (SSSR count). The maximum Gasteiger partial charge on any atom is 0.324 e. The van der Waals surface area contributed by atoms with Crippen LogP contribution in [0.3, 0.4) is 0 Å². The Morgan fingerprint density at radius 2 is 1.58 bits per heavy atom. The Bertz CT molecular complexity index is 813. The van der Waals surface area contributed by atoms with Gasteiger partial charge in [-0.25, -0.2) is 0 Å². The number of ether oxygens (including phenoxy) is 1. The predicted molar refractivity (Wildman–Crippen MR) is 134 cm³/mol. The van der Waals surface area contributed by atoms with Crippen molar-refractivity contribution in [3.05, 3.63) is 44.1 Å². The first-order valence-corrected chi connectivity index (χ1v) is 11.7. The zero-order chi connectivity index (χ0) is 19.6.